The van der Waals surface area contributed by atoms with Crippen LogP contribution in [-0.2, 0) is 0 Å². The Morgan fingerprint density at radius 1 is 1.38 bits per heavy atom. The van der Waals surface area contributed by atoms with Gasteiger partial charge in [-0.2, -0.15) is 5.10 Å². The summed E-state index contributed by atoms with van der Waals surface area (Å²) in [5, 5.41) is 10.8. The molecule has 106 valence electrons. The lowest BCUT2D eigenvalue weighted by Gasteiger charge is -1.97. The van der Waals surface area contributed by atoms with Gasteiger partial charge in [0.15, 0.2) is 5.13 Å². The molecule has 1 amide bonds. The Morgan fingerprint density at radius 3 is 2.95 bits per heavy atom. The molecule has 2 heterocycles. The van der Waals surface area contributed by atoms with Crippen LogP contribution in [0.15, 0.2) is 36.5 Å². The van der Waals surface area contributed by atoms with Gasteiger partial charge in [-0.05, 0) is 25.1 Å². The second kappa shape index (κ2) is 5.67. The van der Waals surface area contributed by atoms with Crippen molar-refractivity contribution in [3.8, 4) is 11.3 Å². The first-order chi connectivity index (χ1) is 10.1. The van der Waals surface area contributed by atoms with Crippen LogP contribution < -0.4 is 5.32 Å². The van der Waals surface area contributed by atoms with Gasteiger partial charge in [-0.3, -0.25) is 15.2 Å². The second-order valence-electron chi connectivity index (χ2n) is 4.41. The van der Waals surface area contributed by atoms with Gasteiger partial charge in [-0.15, -0.1) is 11.3 Å². The normalized spacial score (nSPS) is 10.6. The van der Waals surface area contributed by atoms with Crippen molar-refractivity contribution in [3.63, 3.8) is 0 Å². The molecule has 0 saturated heterocycles. The highest BCUT2D eigenvalue weighted by Crippen LogP contribution is 2.22. The minimum atomic E-state index is -0.273. The van der Waals surface area contributed by atoms with Gasteiger partial charge in [-0.1, -0.05) is 23.7 Å². The minimum absolute atomic E-state index is 0.273. The molecular formula is C14H11ClN4OS. The second-order valence-corrected chi connectivity index (χ2v) is 6.08. The summed E-state index contributed by atoms with van der Waals surface area (Å²) in [5.41, 5.74) is 1.89. The van der Waals surface area contributed by atoms with Crippen molar-refractivity contribution in [2.75, 3.05) is 5.32 Å². The van der Waals surface area contributed by atoms with E-state index in [4.69, 9.17) is 11.6 Å². The zero-order valence-corrected chi connectivity index (χ0v) is 12.6. The van der Waals surface area contributed by atoms with E-state index in [0.717, 1.165) is 10.4 Å². The largest absolute Gasteiger partial charge is 0.297 e. The topological polar surface area (TPSA) is 70.7 Å². The summed E-state index contributed by atoms with van der Waals surface area (Å²) < 4.78 is 0. The lowest BCUT2D eigenvalue weighted by molar-refractivity contribution is 0.102. The molecule has 2 N–H and O–H groups in total. The molecule has 21 heavy (non-hydrogen) atoms. The molecule has 0 atom stereocenters. The molecule has 1 aromatic carbocycles. The fraction of sp³-hybridized carbons (Fsp3) is 0.0714. The van der Waals surface area contributed by atoms with Crippen LogP contribution in [0.5, 0.6) is 0 Å². The van der Waals surface area contributed by atoms with E-state index in [-0.39, 0.29) is 5.91 Å². The van der Waals surface area contributed by atoms with Gasteiger partial charge in [0.05, 0.1) is 5.69 Å². The molecule has 0 bridgehead atoms. The third-order valence-corrected chi connectivity index (χ3v) is 3.85. The molecule has 0 radical (unpaired) electrons. The van der Waals surface area contributed by atoms with E-state index >= 15 is 0 Å². The molecule has 0 spiro atoms. The van der Waals surface area contributed by atoms with Crippen LogP contribution in [0.25, 0.3) is 11.3 Å². The highest BCUT2D eigenvalue weighted by atomic mass is 35.5. The van der Waals surface area contributed by atoms with Crippen LogP contribution in [0.4, 0.5) is 5.13 Å². The van der Waals surface area contributed by atoms with Gasteiger partial charge >= 0.3 is 0 Å². The molecule has 0 unspecified atom stereocenters. The Balaban J connectivity index is 1.80. The molecule has 2 aromatic heterocycles. The molecule has 0 aliphatic rings. The number of rotatable bonds is 3. The number of aromatic nitrogens is 3. The Labute approximate surface area is 130 Å². The van der Waals surface area contributed by atoms with E-state index in [1.807, 2.05) is 19.1 Å². The average Bonchev–Trinajstić information content (AvgIpc) is 3.08. The smallest absolute Gasteiger partial charge is 0.275 e. The number of anilines is 1. The maximum absolute atomic E-state index is 12.1. The van der Waals surface area contributed by atoms with E-state index in [9.17, 15) is 4.79 Å². The summed E-state index contributed by atoms with van der Waals surface area (Å²) in [7, 11) is 0. The van der Waals surface area contributed by atoms with Gasteiger partial charge in [0.1, 0.15) is 5.69 Å². The number of hydrogen-bond acceptors (Lipinski definition) is 4. The number of aryl methyl sites for hydroxylation is 1. The van der Waals surface area contributed by atoms with Crippen molar-refractivity contribution < 1.29 is 4.79 Å². The third-order valence-electron chi connectivity index (χ3n) is 2.78. The molecule has 0 aliphatic heterocycles. The van der Waals surface area contributed by atoms with E-state index in [1.165, 1.54) is 11.3 Å². The molecule has 7 heteroatoms. The number of aromatic amines is 1. The van der Waals surface area contributed by atoms with Crippen molar-refractivity contribution in [2.24, 2.45) is 0 Å². The van der Waals surface area contributed by atoms with Gasteiger partial charge < -0.3 is 0 Å². The summed E-state index contributed by atoms with van der Waals surface area (Å²) in [4.78, 5) is 17.2. The van der Waals surface area contributed by atoms with Gasteiger partial charge in [-0.25, -0.2) is 4.98 Å². The monoisotopic (exact) mass is 318 g/mol. The molecule has 5 nitrogen and oxygen atoms in total. The number of carbonyl (C=O) groups is 1. The van der Waals surface area contributed by atoms with Crippen LogP contribution >= 0.6 is 22.9 Å². The fourth-order valence-electron chi connectivity index (χ4n) is 1.81. The third kappa shape index (κ3) is 3.12. The van der Waals surface area contributed by atoms with E-state index in [0.29, 0.717) is 21.5 Å². The quantitative estimate of drug-likeness (QED) is 0.772. The zero-order valence-electron chi connectivity index (χ0n) is 11.1. The number of thiazole rings is 1. The molecule has 3 rings (SSSR count). The fourth-order valence-corrected chi connectivity index (χ4v) is 2.66. The number of halogens is 1. The van der Waals surface area contributed by atoms with Crippen molar-refractivity contribution in [1.82, 2.24) is 15.2 Å². The van der Waals surface area contributed by atoms with Crippen LogP contribution in [0, 0.1) is 6.92 Å². The van der Waals surface area contributed by atoms with Crippen molar-refractivity contribution in [3.05, 3.63) is 52.1 Å². The summed E-state index contributed by atoms with van der Waals surface area (Å²) in [6.07, 6.45) is 1.71. The predicted molar refractivity (Wildman–Crippen MR) is 83.8 cm³/mol. The summed E-state index contributed by atoms with van der Waals surface area (Å²) in [6.45, 7) is 1.93. The van der Waals surface area contributed by atoms with Crippen LogP contribution in [0.2, 0.25) is 5.02 Å². The zero-order chi connectivity index (χ0) is 14.8. The highest BCUT2D eigenvalue weighted by molar-refractivity contribution is 7.15. The number of benzene rings is 1. The van der Waals surface area contributed by atoms with Crippen molar-refractivity contribution in [1.29, 1.82) is 0 Å². The van der Waals surface area contributed by atoms with E-state index in [2.05, 4.69) is 20.5 Å². The van der Waals surface area contributed by atoms with Crippen LogP contribution in [0.3, 0.4) is 0 Å². The first-order valence-corrected chi connectivity index (χ1v) is 7.36. The Bertz CT molecular complexity index is 796. The number of nitrogens with one attached hydrogen (secondary N) is 2. The lowest BCUT2D eigenvalue weighted by atomic mass is 10.1. The number of hydrogen-bond donors (Lipinski definition) is 2. The number of H-pyrrole nitrogens is 1. The molecule has 0 saturated carbocycles. The van der Waals surface area contributed by atoms with E-state index in [1.54, 1.807) is 24.4 Å². The Kier molecular flexibility index (Phi) is 3.72. The van der Waals surface area contributed by atoms with Crippen LogP contribution in [0.1, 0.15) is 15.4 Å². The highest BCUT2D eigenvalue weighted by Gasteiger charge is 2.12. The first kappa shape index (κ1) is 13.8. The molecular weight excluding hydrogens is 308 g/mol. The standard InChI is InChI=1S/C14H11ClN4OS/c1-8-7-16-14(21-8)17-13(20)12-6-11(18-19-12)9-3-2-4-10(15)5-9/h2-7H,1H3,(H,18,19)(H,16,17,20). The summed E-state index contributed by atoms with van der Waals surface area (Å²) >= 11 is 7.37. The SMILES string of the molecule is Cc1cnc(NC(=O)c2cc(-c3cccc(Cl)c3)n[nH]2)s1. The van der Waals surface area contributed by atoms with Gasteiger partial charge in [0.25, 0.3) is 5.91 Å². The maximum Gasteiger partial charge on any atom is 0.275 e. The van der Waals surface area contributed by atoms with Crippen molar-refractivity contribution >= 4 is 34.0 Å². The maximum atomic E-state index is 12.1. The molecule has 0 aliphatic carbocycles. The number of amides is 1. The number of nitrogens with zero attached hydrogens (tertiary/aromatic N) is 2. The molecule has 3 aromatic rings. The van der Waals surface area contributed by atoms with Crippen molar-refractivity contribution in [2.45, 2.75) is 6.92 Å². The first-order valence-electron chi connectivity index (χ1n) is 6.17. The Morgan fingerprint density at radius 2 is 2.24 bits per heavy atom. The molecule has 0 fully saturated rings. The Hall–Kier alpha value is -2.18. The minimum Gasteiger partial charge on any atom is -0.297 e. The van der Waals surface area contributed by atoms with Crippen LogP contribution in [-0.4, -0.2) is 21.1 Å². The van der Waals surface area contributed by atoms with Gasteiger partial charge in [0, 0.05) is 21.7 Å². The van der Waals surface area contributed by atoms with E-state index < -0.39 is 0 Å². The summed E-state index contributed by atoms with van der Waals surface area (Å²) in [5.74, 6) is -0.273. The lowest BCUT2D eigenvalue weighted by Crippen LogP contribution is -2.11. The average molecular weight is 319 g/mol. The van der Waals surface area contributed by atoms with Gasteiger partial charge in [0.2, 0.25) is 0 Å². The number of carbonyl (C=O) groups excluding carboxylic acids is 1. The summed E-state index contributed by atoms with van der Waals surface area (Å²) in [6, 6.07) is 8.99. The predicted octanol–water partition coefficient (Wildman–Crippen LogP) is 3.75.